The topological polar surface area (TPSA) is 49.4 Å². The van der Waals surface area contributed by atoms with Crippen LogP contribution >= 0.6 is 15.9 Å². The molecule has 0 amide bonds. The summed E-state index contributed by atoms with van der Waals surface area (Å²) in [5.74, 6) is 0. The first-order valence-electron chi connectivity index (χ1n) is 5.93. The maximum atomic E-state index is 12.0. The van der Waals surface area contributed by atoms with Crippen LogP contribution < -0.4 is 4.72 Å². The predicted molar refractivity (Wildman–Crippen MR) is 77.5 cm³/mol. The third-order valence-electron chi connectivity index (χ3n) is 2.74. The summed E-state index contributed by atoms with van der Waals surface area (Å²) in [6.07, 6.45) is 0. The first-order valence-corrected chi connectivity index (χ1v) is 8.16. The van der Waals surface area contributed by atoms with Gasteiger partial charge in [-0.2, -0.15) is 17.4 Å². The van der Waals surface area contributed by atoms with E-state index in [1.165, 1.54) is 4.31 Å². The number of hydrogen-bond acceptors (Lipinski definition) is 2. The van der Waals surface area contributed by atoms with Crippen molar-refractivity contribution in [3.8, 4) is 0 Å². The number of benzene rings is 1. The fourth-order valence-corrected chi connectivity index (χ4v) is 3.36. The summed E-state index contributed by atoms with van der Waals surface area (Å²) in [6, 6.07) is 7.36. The van der Waals surface area contributed by atoms with Gasteiger partial charge >= 0.3 is 0 Å². The number of hydrogen-bond donors (Lipinski definition) is 1. The van der Waals surface area contributed by atoms with Gasteiger partial charge in [0.15, 0.2) is 0 Å². The molecule has 0 spiro atoms. The van der Waals surface area contributed by atoms with Crippen molar-refractivity contribution in [2.45, 2.75) is 26.8 Å². The lowest BCUT2D eigenvalue weighted by Gasteiger charge is -2.22. The highest BCUT2D eigenvalue weighted by Gasteiger charge is 2.21. The Hall–Kier alpha value is -0.430. The monoisotopic (exact) mass is 334 g/mol. The second kappa shape index (κ2) is 6.65. The van der Waals surface area contributed by atoms with Crippen LogP contribution in [0.2, 0.25) is 0 Å². The molecule has 0 aliphatic rings. The van der Waals surface area contributed by atoms with Crippen molar-refractivity contribution in [3.05, 3.63) is 34.3 Å². The Kier molecular flexibility index (Phi) is 5.78. The van der Waals surface area contributed by atoms with Gasteiger partial charge in [0.1, 0.15) is 0 Å². The van der Waals surface area contributed by atoms with E-state index in [-0.39, 0.29) is 6.04 Å². The molecular weight excluding hydrogens is 316 g/mol. The van der Waals surface area contributed by atoms with Crippen LogP contribution in [0.4, 0.5) is 0 Å². The van der Waals surface area contributed by atoms with Gasteiger partial charge in [0.2, 0.25) is 0 Å². The van der Waals surface area contributed by atoms with Crippen LogP contribution in [0.15, 0.2) is 28.7 Å². The third kappa shape index (κ3) is 4.05. The van der Waals surface area contributed by atoms with Crippen LogP contribution in [-0.2, 0) is 10.2 Å². The number of nitrogens with one attached hydrogen (secondary N) is 1. The summed E-state index contributed by atoms with van der Waals surface area (Å²) >= 11 is 3.35. The summed E-state index contributed by atoms with van der Waals surface area (Å²) in [7, 11) is -3.41. The number of nitrogens with zero attached hydrogens (tertiary/aromatic N) is 1. The quantitative estimate of drug-likeness (QED) is 0.869. The fourth-order valence-electron chi connectivity index (χ4n) is 1.68. The molecule has 18 heavy (non-hydrogen) atoms. The molecular formula is C12H19BrN2O2S. The molecule has 1 aromatic rings. The Balaban J connectivity index is 2.81. The highest BCUT2D eigenvalue weighted by atomic mass is 79.9. The largest absolute Gasteiger partial charge is 0.279 e. The minimum absolute atomic E-state index is 0.247. The van der Waals surface area contributed by atoms with Gasteiger partial charge in [-0.05, 0) is 24.6 Å². The van der Waals surface area contributed by atoms with E-state index in [1.54, 1.807) is 0 Å². The zero-order chi connectivity index (χ0) is 13.8. The SMILES string of the molecule is CCN(CC)S(=O)(=O)NC(C)c1ccc(Br)cc1. The first-order chi connectivity index (χ1) is 8.40. The molecule has 1 atom stereocenters. The maximum absolute atomic E-state index is 12.0. The highest BCUT2D eigenvalue weighted by molar-refractivity contribution is 9.10. The Morgan fingerprint density at radius 3 is 2.17 bits per heavy atom. The van der Waals surface area contributed by atoms with Crippen molar-refractivity contribution in [2.75, 3.05) is 13.1 Å². The zero-order valence-electron chi connectivity index (χ0n) is 10.9. The predicted octanol–water partition coefficient (Wildman–Crippen LogP) is 2.69. The average Bonchev–Trinajstić information content (AvgIpc) is 2.30. The normalized spacial score (nSPS) is 13.8. The molecule has 0 bridgehead atoms. The van der Waals surface area contributed by atoms with E-state index in [0.29, 0.717) is 13.1 Å². The van der Waals surface area contributed by atoms with Gasteiger partial charge in [-0.15, -0.1) is 0 Å². The Morgan fingerprint density at radius 1 is 1.22 bits per heavy atom. The van der Waals surface area contributed by atoms with Gasteiger partial charge in [-0.25, -0.2) is 0 Å². The summed E-state index contributed by atoms with van der Waals surface area (Å²) in [5.41, 5.74) is 0.939. The van der Waals surface area contributed by atoms with Crippen molar-refractivity contribution in [1.82, 2.24) is 9.03 Å². The van der Waals surface area contributed by atoms with E-state index < -0.39 is 10.2 Å². The van der Waals surface area contributed by atoms with Crippen LogP contribution in [0.25, 0.3) is 0 Å². The van der Waals surface area contributed by atoms with Crippen molar-refractivity contribution >= 4 is 26.1 Å². The molecule has 4 nitrogen and oxygen atoms in total. The standard InChI is InChI=1S/C12H19BrN2O2S/c1-4-15(5-2)18(16,17)14-10(3)11-6-8-12(13)9-7-11/h6-10,14H,4-5H2,1-3H3. The second-order valence-electron chi connectivity index (χ2n) is 3.98. The van der Waals surface area contributed by atoms with Crippen LogP contribution in [-0.4, -0.2) is 25.8 Å². The maximum Gasteiger partial charge on any atom is 0.279 e. The van der Waals surface area contributed by atoms with Gasteiger partial charge in [0, 0.05) is 23.6 Å². The molecule has 0 radical (unpaired) electrons. The summed E-state index contributed by atoms with van der Waals surface area (Å²) in [5, 5.41) is 0. The molecule has 0 saturated carbocycles. The van der Waals surface area contributed by atoms with Gasteiger partial charge in [-0.1, -0.05) is 41.9 Å². The smallest absolute Gasteiger partial charge is 0.195 e. The van der Waals surface area contributed by atoms with Gasteiger partial charge in [0.05, 0.1) is 0 Å². The van der Waals surface area contributed by atoms with Crippen molar-refractivity contribution < 1.29 is 8.42 Å². The van der Waals surface area contributed by atoms with Crippen LogP contribution in [0.3, 0.4) is 0 Å². The minimum atomic E-state index is -3.41. The van der Waals surface area contributed by atoms with E-state index in [0.717, 1.165) is 10.0 Å². The summed E-state index contributed by atoms with van der Waals surface area (Å²) < 4.78 is 29.2. The molecule has 0 aliphatic carbocycles. The molecule has 1 aromatic carbocycles. The molecule has 0 aromatic heterocycles. The van der Waals surface area contributed by atoms with Gasteiger partial charge in [-0.3, -0.25) is 0 Å². The highest BCUT2D eigenvalue weighted by Crippen LogP contribution is 2.17. The molecule has 6 heteroatoms. The lowest BCUT2D eigenvalue weighted by molar-refractivity contribution is 0.429. The Labute approximate surface area is 118 Å². The minimum Gasteiger partial charge on any atom is -0.195 e. The number of rotatable bonds is 6. The van der Waals surface area contributed by atoms with Crippen molar-refractivity contribution in [1.29, 1.82) is 0 Å². The van der Waals surface area contributed by atoms with E-state index in [2.05, 4.69) is 20.7 Å². The molecule has 1 unspecified atom stereocenters. The Morgan fingerprint density at radius 2 is 1.72 bits per heavy atom. The third-order valence-corrected chi connectivity index (χ3v) is 5.12. The van der Waals surface area contributed by atoms with E-state index in [1.807, 2.05) is 45.0 Å². The molecule has 0 aliphatic heterocycles. The summed E-state index contributed by atoms with van der Waals surface area (Å²) in [4.78, 5) is 0. The van der Waals surface area contributed by atoms with E-state index in [9.17, 15) is 8.42 Å². The first kappa shape index (κ1) is 15.6. The van der Waals surface area contributed by atoms with Crippen molar-refractivity contribution in [3.63, 3.8) is 0 Å². The van der Waals surface area contributed by atoms with Gasteiger partial charge in [0.25, 0.3) is 10.2 Å². The second-order valence-corrected chi connectivity index (χ2v) is 6.60. The molecule has 0 heterocycles. The molecule has 0 fully saturated rings. The Bertz CT molecular complexity index is 469. The van der Waals surface area contributed by atoms with Crippen LogP contribution in [0.1, 0.15) is 32.4 Å². The van der Waals surface area contributed by atoms with Crippen LogP contribution in [0, 0.1) is 0 Å². The lowest BCUT2D eigenvalue weighted by Crippen LogP contribution is -2.41. The zero-order valence-corrected chi connectivity index (χ0v) is 13.3. The summed E-state index contributed by atoms with van der Waals surface area (Å²) in [6.45, 7) is 6.43. The van der Waals surface area contributed by atoms with E-state index in [4.69, 9.17) is 0 Å². The molecule has 1 rings (SSSR count). The van der Waals surface area contributed by atoms with Crippen LogP contribution in [0.5, 0.6) is 0 Å². The molecule has 102 valence electrons. The molecule has 1 N–H and O–H groups in total. The number of halogens is 1. The van der Waals surface area contributed by atoms with E-state index >= 15 is 0 Å². The fraction of sp³-hybridized carbons (Fsp3) is 0.500. The average molecular weight is 335 g/mol. The van der Waals surface area contributed by atoms with Crippen molar-refractivity contribution in [2.24, 2.45) is 0 Å². The lowest BCUT2D eigenvalue weighted by atomic mass is 10.1. The van der Waals surface area contributed by atoms with Gasteiger partial charge < -0.3 is 0 Å². The molecule has 0 saturated heterocycles.